The zero-order valence-corrected chi connectivity index (χ0v) is 50.5. The van der Waals surface area contributed by atoms with Crippen molar-refractivity contribution in [3.8, 4) is 0 Å². The van der Waals surface area contributed by atoms with Gasteiger partial charge in [-0.2, -0.15) is 0 Å². The largest absolute Gasteiger partial charge is 0.466 e. The zero-order chi connectivity index (χ0) is 54.3. The standard InChI is InChI=1S/C69H131NO5/c1-3-5-7-9-11-13-15-17-19-21-23-24-25-26-27-29-30-33-37-41-45-49-53-57-61-67(72)66(65-71)70-68(73)62-58-54-50-46-42-38-34-32-36-40-44-48-52-56-60-64-75-69(74)63-59-55-51-47-43-39-35-31-28-22-20-18-16-14-12-10-8-6-4-2/h32,36,40,44,57,61,66-67,71-72H,3-31,33-35,37-39,41-43,45-56,58-60,62-65H2,1-2H3,(H,70,73)/b36-32-,44-40-,61-57+. The van der Waals surface area contributed by atoms with Gasteiger partial charge in [0.25, 0.3) is 0 Å². The molecule has 0 aliphatic carbocycles. The number of allylic oxidation sites excluding steroid dienone is 5. The molecule has 0 heterocycles. The molecular formula is C69H131NO5. The van der Waals surface area contributed by atoms with Gasteiger partial charge in [0.2, 0.25) is 5.91 Å². The molecule has 6 heteroatoms. The molecule has 6 nitrogen and oxygen atoms in total. The molecule has 0 aromatic heterocycles. The molecule has 1 amide bonds. The van der Waals surface area contributed by atoms with Crippen LogP contribution in [0, 0.1) is 0 Å². The maximum absolute atomic E-state index is 12.5. The lowest BCUT2D eigenvalue weighted by molar-refractivity contribution is -0.143. The van der Waals surface area contributed by atoms with Crippen LogP contribution < -0.4 is 5.32 Å². The summed E-state index contributed by atoms with van der Waals surface area (Å²) >= 11 is 0. The number of esters is 1. The second-order valence-corrected chi connectivity index (χ2v) is 23.2. The first-order valence-corrected chi connectivity index (χ1v) is 33.8. The Labute approximate surface area is 468 Å². The Hall–Kier alpha value is -1.92. The fraction of sp³-hybridized carbons (Fsp3) is 0.884. The van der Waals surface area contributed by atoms with Crippen LogP contribution in [-0.2, 0) is 14.3 Å². The minimum Gasteiger partial charge on any atom is -0.466 e. The van der Waals surface area contributed by atoms with Gasteiger partial charge in [0.05, 0.1) is 25.4 Å². The van der Waals surface area contributed by atoms with Gasteiger partial charge in [-0.25, -0.2) is 0 Å². The molecule has 0 fully saturated rings. The predicted octanol–water partition coefficient (Wildman–Crippen LogP) is 21.5. The number of ether oxygens (including phenoxy) is 1. The summed E-state index contributed by atoms with van der Waals surface area (Å²) in [5.74, 6) is -0.104. The van der Waals surface area contributed by atoms with Gasteiger partial charge in [-0.15, -0.1) is 0 Å². The molecule has 442 valence electrons. The molecule has 0 saturated carbocycles. The molecule has 0 rings (SSSR count). The van der Waals surface area contributed by atoms with Crippen molar-refractivity contribution < 1.29 is 24.5 Å². The molecule has 0 aromatic carbocycles. The maximum Gasteiger partial charge on any atom is 0.305 e. The summed E-state index contributed by atoms with van der Waals surface area (Å²) in [5.41, 5.74) is 0. The highest BCUT2D eigenvalue weighted by atomic mass is 16.5. The van der Waals surface area contributed by atoms with Gasteiger partial charge in [-0.1, -0.05) is 326 Å². The Morgan fingerprint density at radius 1 is 0.373 bits per heavy atom. The van der Waals surface area contributed by atoms with Crippen LogP contribution in [0.5, 0.6) is 0 Å². The first-order valence-electron chi connectivity index (χ1n) is 33.8. The lowest BCUT2D eigenvalue weighted by Crippen LogP contribution is -2.45. The minimum atomic E-state index is -0.861. The molecule has 0 aromatic rings. The highest BCUT2D eigenvalue weighted by molar-refractivity contribution is 5.76. The van der Waals surface area contributed by atoms with E-state index in [2.05, 4.69) is 43.5 Å². The number of carbonyl (C=O) groups excluding carboxylic acids is 2. The van der Waals surface area contributed by atoms with E-state index in [1.807, 2.05) is 6.08 Å². The molecule has 2 atom stereocenters. The number of nitrogens with one attached hydrogen (secondary N) is 1. The Morgan fingerprint density at radius 2 is 0.653 bits per heavy atom. The molecule has 0 radical (unpaired) electrons. The highest BCUT2D eigenvalue weighted by Gasteiger charge is 2.18. The Bertz CT molecular complexity index is 1210. The molecular weight excluding hydrogens is 923 g/mol. The van der Waals surface area contributed by atoms with Gasteiger partial charge in [0.1, 0.15) is 0 Å². The van der Waals surface area contributed by atoms with Crippen molar-refractivity contribution in [3.63, 3.8) is 0 Å². The van der Waals surface area contributed by atoms with Crippen LogP contribution >= 0.6 is 0 Å². The summed E-state index contributed by atoms with van der Waals surface area (Å²) in [6.45, 7) is 4.88. The van der Waals surface area contributed by atoms with Crippen LogP contribution in [0.4, 0.5) is 0 Å². The Balaban J connectivity index is 3.51. The zero-order valence-electron chi connectivity index (χ0n) is 50.5. The third-order valence-electron chi connectivity index (χ3n) is 15.7. The smallest absolute Gasteiger partial charge is 0.305 e. The van der Waals surface area contributed by atoms with Crippen molar-refractivity contribution in [1.29, 1.82) is 0 Å². The second kappa shape index (κ2) is 64.6. The van der Waals surface area contributed by atoms with Crippen LogP contribution in [-0.4, -0.2) is 47.4 Å². The topological polar surface area (TPSA) is 95.9 Å². The van der Waals surface area contributed by atoms with Crippen LogP contribution in [0.25, 0.3) is 0 Å². The van der Waals surface area contributed by atoms with E-state index < -0.39 is 12.1 Å². The molecule has 75 heavy (non-hydrogen) atoms. The van der Waals surface area contributed by atoms with Crippen LogP contribution in [0.1, 0.15) is 367 Å². The number of amides is 1. The predicted molar refractivity (Wildman–Crippen MR) is 329 cm³/mol. The van der Waals surface area contributed by atoms with Crippen molar-refractivity contribution in [2.24, 2.45) is 0 Å². The minimum absolute atomic E-state index is 0.0173. The summed E-state index contributed by atoms with van der Waals surface area (Å²) in [6.07, 6.45) is 82.1. The van der Waals surface area contributed by atoms with Crippen LogP contribution in [0.3, 0.4) is 0 Å². The lowest BCUT2D eigenvalue weighted by Gasteiger charge is -2.20. The summed E-state index contributed by atoms with van der Waals surface area (Å²) in [5, 5.41) is 23.2. The van der Waals surface area contributed by atoms with Gasteiger partial charge in [-0.3, -0.25) is 9.59 Å². The molecule has 0 aliphatic rings. The maximum atomic E-state index is 12.5. The molecule has 0 spiro atoms. The van der Waals surface area contributed by atoms with Crippen LogP contribution in [0.15, 0.2) is 36.5 Å². The summed E-state index contributed by atoms with van der Waals surface area (Å²) in [7, 11) is 0. The molecule has 3 N–H and O–H groups in total. The van der Waals surface area contributed by atoms with E-state index in [9.17, 15) is 19.8 Å². The van der Waals surface area contributed by atoms with E-state index in [4.69, 9.17) is 4.74 Å². The van der Waals surface area contributed by atoms with Crippen LogP contribution in [0.2, 0.25) is 0 Å². The molecule has 2 unspecified atom stereocenters. The molecule has 0 aliphatic heterocycles. The lowest BCUT2D eigenvalue weighted by atomic mass is 10.0. The first-order chi connectivity index (χ1) is 37.0. The monoisotopic (exact) mass is 1050 g/mol. The third kappa shape index (κ3) is 61.2. The highest BCUT2D eigenvalue weighted by Crippen LogP contribution is 2.18. The fourth-order valence-corrected chi connectivity index (χ4v) is 10.5. The number of hydrogen-bond acceptors (Lipinski definition) is 5. The van der Waals surface area contributed by atoms with E-state index in [-0.39, 0.29) is 18.5 Å². The van der Waals surface area contributed by atoms with E-state index in [1.165, 1.54) is 263 Å². The number of rotatable bonds is 63. The van der Waals surface area contributed by atoms with Gasteiger partial charge >= 0.3 is 5.97 Å². The van der Waals surface area contributed by atoms with E-state index in [0.717, 1.165) is 77.0 Å². The van der Waals surface area contributed by atoms with Gasteiger partial charge in [-0.05, 0) is 64.2 Å². The Kier molecular flexibility index (Phi) is 63.0. The summed E-state index contributed by atoms with van der Waals surface area (Å²) in [4.78, 5) is 24.6. The first kappa shape index (κ1) is 73.1. The quantitative estimate of drug-likeness (QED) is 0.0244. The van der Waals surface area contributed by atoms with Gasteiger partial charge in [0, 0.05) is 12.8 Å². The number of aliphatic hydroxyl groups excluding tert-OH is 2. The van der Waals surface area contributed by atoms with Gasteiger partial charge in [0.15, 0.2) is 0 Å². The van der Waals surface area contributed by atoms with Crippen molar-refractivity contribution in [2.75, 3.05) is 13.2 Å². The summed E-state index contributed by atoms with van der Waals surface area (Å²) in [6, 6.07) is -0.646. The van der Waals surface area contributed by atoms with Gasteiger partial charge < -0.3 is 20.3 Å². The van der Waals surface area contributed by atoms with Crippen molar-refractivity contribution in [1.82, 2.24) is 5.32 Å². The summed E-state index contributed by atoms with van der Waals surface area (Å²) < 4.78 is 5.47. The third-order valence-corrected chi connectivity index (χ3v) is 15.7. The van der Waals surface area contributed by atoms with E-state index >= 15 is 0 Å². The average molecular weight is 1050 g/mol. The Morgan fingerprint density at radius 3 is 0.987 bits per heavy atom. The molecule has 0 bridgehead atoms. The average Bonchev–Trinajstić information content (AvgIpc) is 3.41. The van der Waals surface area contributed by atoms with E-state index in [0.29, 0.717) is 19.4 Å². The normalized spacial score (nSPS) is 12.7. The molecule has 0 saturated heterocycles. The number of aliphatic hydroxyl groups is 2. The number of carbonyl (C=O) groups is 2. The SMILES string of the molecule is CCCCCCCCCCCCCCCCCCCCCCCC/C=C/C(O)C(CO)NC(=O)CCCCCCCC/C=C\C=C/CCCCCOC(=O)CCCCCCCCCCCCCCCCCCCCC. The van der Waals surface area contributed by atoms with E-state index in [1.54, 1.807) is 6.08 Å². The number of hydrogen-bond donors (Lipinski definition) is 3. The van der Waals surface area contributed by atoms with Crippen molar-refractivity contribution >= 4 is 11.9 Å². The fourth-order valence-electron chi connectivity index (χ4n) is 10.5. The van der Waals surface area contributed by atoms with Crippen molar-refractivity contribution in [2.45, 2.75) is 379 Å². The second-order valence-electron chi connectivity index (χ2n) is 23.2. The van der Waals surface area contributed by atoms with Crippen molar-refractivity contribution in [3.05, 3.63) is 36.5 Å². The number of unbranched alkanes of at least 4 members (excludes halogenated alkanes) is 49.